The first kappa shape index (κ1) is 16.7. The first-order chi connectivity index (χ1) is 7.04. The largest absolute Gasteiger partial charge is 0.379 e. The Balaban J connectivity index is 0. The molecule has 0 aliphatic carbocycles. The predicted octanol–water partition coefficient (Wildman–Crippen LogP) is 1.22. The van der Waals surface area contributed by atoms with Crippen molar-refractivity contribution in [1.29, 1.82) is 0 Å². The molecule has 0 fully saturated rings. The van der Waals surface area contributed by atoms with Gasteiger partial charge in [0.25, 0.3) is 0 Å². The fourth-order valence-electron chi connectivity index (χ4n) is 1.37. The lowest BCUT2D eigenvalue weighted by Crippen LogP contribution is -2.45. The van der Waals surface area contributed by atoms with Crippen molar-refractivity contribution in [3.05, 3.63) is 0 Å². The van der Waals surface area contributed by atoms with Crippen molar-refractivity contribution < 1.29 is 14.7 Å². The number of rotatable bonds is 6. The number of hydrogen-bond acceptors (Lipinski definition) is 4. The summed E-state index contributed by atoms with van der Waals surface area (Å²) in [6.07, 6.45) is 0.157. The summed E-state index contributed by atoms with van der Waals surface area (Å²) in [4.78, 5) is 23.0. The molecule has 0 aromatic carbocycles. The number of nitrogens with zero attached hydrogens (tertiary/aromatic N) is 1. The summed E-state index contributed by atoms with van der Waals surface area (Å²) < 4.78 is 0. The third-order valence-electron chi connectivity index (χ3n) is 2.03. The second kappa shape index (κ2) is 9.80. The van der Waals surface area contributed by atoms with Crippen LogP contribution in [0.25, 0.3) is 0 Å². The standard InChI is InChI=1S/C9H17NO3.C2H6/c1-4-10(8(3)13)9(5-6-11)7(2)12;1-2/h6,8-9,13H,4-5H2,1-3H3;1-2H3. The molecule has 0 saturated heterocycles. The number of carbonyl (C=O) groups excluding carboxylic acids is 2. The fourth-order valence-corrected chi connectivity index (χ4v) is 1.37. The van der Waals surface area contributed by atoms with E-state index in [4.69, 9.17) is 0 Å². The summed E-state index contributed by atoms with van der Waals surface area (Å²) in [5.41, 5.74) is 0. The van der Waals surface area contributed by atoms with Gasteiger partial charge in [-0.15, -0.1) is 0 Å². The molecule has 0 aromatic heterocycles. The minimum Gasteiger partial charge on any atom is -0.379 e. The van der Waals surface area contributed by atoms with Crippen LogP contribution < -0.4 is 0 Å². The lowest BCUT2D eigenvalue weighted by atomic mass is 10.1. The third kappa shape index (κ3) is 6.36. The van der Waals surface area contributed by atoms with E-state index in [9.17, 15) is 14.7 Å². The van der Waals surface area contributed by atoms with Crippen LogP contribution in [0.4, 0.5) is 0 Å². The van der Waals surface area contributed by atoms with Gasteiger partial charge in [0.1, 0.15) is 18.3 Å². The van der Waals surface area contributed by atoms with Gasteiger partial charge in [-0.2, -0.15) is 0 Å². The molecule has 2 atom stereocenters. The molecule has 4 nitrogen and oxygen atoms in total. The number of aldehydes is 1. The van der Waals surface area contributed by atoms with E-state index in [1.54, 1.807) is 11.8 Å². The zero-order chi connectivity index (χ0) is 12.4. The van der Waals surface area contributed by atoms with Gasteiger partial charge in [-0.05, 0) is 20.4 Å². The van der Waals surface area contributed by atoms with Gasteiger partial charge in [-0.25, -0.2) is 0 Å². The van der Waals surface area contributed by atoms with E-state index in [0.717, 1.165) is 0 Å². The van der Waals surface area contributed by atoms with Crippen molar-refractivity contribution in [2.75, 3.05) is 6.54 Å². The van der Waals surface area contributed by atoms with E-state index in [1.165, 1.54) is 6.92 Å². The van der Waals surface area contributed by atoms with Gasteiger partial charge in [0.05, 0.1) is 6.04 Å². The Bertz CT molecular complexity index is 181. The predicted molar refractivity (Wildman–Crippen MR) is 60.6 cm³/mol. The van der Waals surface area contributed by atoms with Gasteiger partial charge < -0.3 is 9.90 Å². The summed E-state index contributed by atoms with van der Waals surface area (Å²) in [7, 11) is 0. The van der Waals surface area contributed by atoms with Gasteiger partial charge in [0.15, 0.2) is 0 Å². The minimum absolute atomic E-state index is 0.0881. The molecule has 0 radical (unpaired) electrons. The quantitative estimate of drug-likeness (QED) is 0.537. The van der Waals surface area contributed by atoms with Crippen LogP contribution in [0, 0.1) is 0 Å². The summed E-state index contributed by atoms with van der Waals surface area (Å²) in [5.74, 6) is -0.0881. The highest BCUT2D eigenvalue weighted by molar-refractivity contribution is 5.83. The van der Waals surface area contributed by atoms with Crippen LogP contribution in [-0.4, -0.2) is 40.9 Å². The molecule has 0 rings (SSSR count). The van der Waals surface area contributed by atoms with Gasteiger partial charge in [-0.1, -0.05) is 20.8 Å². The van der Waals surface area contributed by atoms with Crippen molar-refractivity contribution in [2.24, 2.45) is 0 Å². The molecule has 1 N–H and O–H groups in total. The molecule has 2 unspecified atom stereocenters. The average Bonchev–Trinajstić information content (AvgIpc) is 2.20. The van der Waals surface area contributed by atoms with Crippen molar-refractivity contribution >= 4 is 12.1 Å². The normalized spacial score (nSPS) is 13.8. The zero-order valence-electron chi connectivity index (χ0n) is 10.4. The minimum atomic E-state index is -0.696. The number of aliphatic hydroxyl groups is 1. The van der Waals surface area contributed by atoms with Crippen molar-refractivity contribution in [2.45, 2.75) is 53.3 Å². The molecule has 0 bridgehead atoms. The molecule has 0 aliphatic rings. The second-order valence-electron chi connectivity index (χ2n) is 2.99. The fraction of sp³-hybridized carbons (Fsp3) is 0.818. The molecule has 0 aromatic rings. The molecule has 0 heterocycles. The maximum Gasteiger partial charge on any atom is 0.147 e. The Hall–Kier alpha value is -0.740. The maximum absolute atomic E-state index is 11.1. The summed E-state index contributed by atoms with van der Waals surface area (Å²) in [6.45, 7) is 9.41. The lowest BCUT2D eigenvalue weighted by Gasteiger charge is -2.29. The molecule has 0 amide bonds. The Morgan fingerprint density at radius 2 is 1.93 bits per heavy atom. The lowest BCUT2D eigenvalue weighted by molar-refractivity contribution is -0.129. The first-order valence-corrected chi connectivity index (χ1v) is 5.42. The van der Waals surface area contributed by atoms with Crippen molar-refractivity contribution in [1.82, 2.24) is 4.90 Å². The van der Waals surface area contributed by atoms with E-state index in [-0.39, 0.29) is 12.2 Å². The van der Waals surface area contributed by atoms with E-state index in [2.05, 4.69) is 0 Å². The van der Waals surface area contributed by atoms with Crippen LogP contribution in [0.5, 0.6) is 0 Å². The summed E-state index contributed by atoms with van der Waals surface area (Å²) >= 11 is 0. The molecule has 0 spiro atoms. The van der Waals surface area contributed by atoms with E-state index < -0.39 is 12.3 Å². The Labute approximate surface area is 92.3 Å². The molecule has 15 heavy (non-hydrogen) atoms. The monoisotopic (exact) mass is 217 g/mol. The third-order valence-corrected chi connectivity index (χ3v) is 2.03. The SMILES string of the molecule is CC.CCN(C(C)O)C(CC=O)C(C)=O. The number of aliphatic hydroxyl groups excluding tert-OH is 1. The average molecular weight is 217 g/mol. The molecular formula is C11H23NO3. The zero-order valence-corrected chi connectivity index (χ0v) is 10.4. The van der Waals surface area contributed by atoms with Gasteiger partial charge >= 0.3 is 0 Å². The van der Waals surface area contributed by atoms with Gasteiger partial charge in [0.2, 0.25) is 0 Å². The van der Waals surface area contributed by atoms with Gasteiger partial charge in [0, 0.05) is 6.42 Å². The molecule has 4 heteroatoms. The van der Waals surface area contributed by atoms with Crippen LogP contribution in [-0.2, 0) is 9.59 Å². The smallest absolute Gasteiger partial charge is 0.147 e. The van der Waals surface area contributed by atoms with Crippen molar-refractivity contribution in [3.8, 4) is 0 Å². The van der Waals surface area contributed by atoms with Crippen LogP contribution in [0.15, 0.2) is 0 Å². The topological polar surface area (TPSA) is 57.6 Å². The van der Waals surface area contributed by atoms with Crippen LogP contribution >= 0.6 is 0 Å². The Morgan fingerprint density at radius 1 is 1.47 bits per heavy atom. The van der Waals surface area contributed by atoms with Gasteiger partial charge in [-0.3, -0.25) is 9.69 Å². The summed E-state index contributed by atoms with van der Waals surface area (Å²) in [6, 6.07) is -0.484. The molecular weight excluding hydrogens is 194 g/mol. The molecule has 90 valence electrons. The van der Waals surface area contributed by atoms with Crippen molar-refractivity contribution in [3.63, 3.8) is 0 Å². The van der Waals surface area contributed by atoms with Crippen LogP contribution in [0.1, 0.15) is 41.0 Å². The van der Waals surface area contributed by atoms with E-state index in [0.29, 0.717) is 12.8 Å². The number of hydrogen-bond donors (Lipinski definition) is 1. The van der Waals surface area contributed by atoms with E-state index in [1.807, 2.05) is 20.8 Å². The Kier molecular flexibility index (Phi) is 10.9. The first-order valence-electron chi connectivity index (χ1n) is 5.42. The van der Waals surface area contributed by atoms with E-state index >= 15 is 0 Å². The highest BCUT2D eigenvalue weighted by atomic mass is 16.3. The molecule has 0 aliphatic heterocycles. The van der Waals surface area contributed by atoms with Crippen LogP contribution in [0.2, 0.25) is 0 Å². The number of ketones is 1. The highest BCUT2D eigenvalue weighted by Gasteiger charge is 2.23. The molecule has 0 saturated carbocycles. The number of likely N-dealkylation sites (N-methyl/N-ethyl adjacent to an activating group) is 1. The highest BCUT2D eigenvalue weighted by Crippen LogP contribution is 2.07. The second-order valence-corrected chi connectivity index (χ2v) is 2.99. The maximum atomic E-state index is 11.1. The number of carbonyl (C=O) groups is 2. The van der Waals surface area contributed by atoms with Crippen LogP contribution in [0.3, 0.4) is 0 Å². The summed E-state index contributed by atoms with van der Waals surface area (Å²) in [5, 5.41) is 9.32. The Morgan fingerprint density at radius 3 is 2.13 bits per heavy atom. The number of Topliss-reactive ketones (excluding diaryl/α,β-unsaturated/α-hetero) is 1.